The van der Waals surface area contributed by atoms with Crippen molar-refractivity contribution in [1.82, 2.24) is 10.6 Å². The molecule has 0 bridgehead atoms. The third-order valence-corrected chi connectivity index (χ3v) is 5.34. The van der Waals surface area contributed by atoms with Crippen molar-refractivity contribution in [3.63, 3.8) is 0 Å². The summed E-state index contributed by atoms with van der Waals surface area (Å²) in [5.74, 6) is 1.99. The zero-order chi connectivity index (χ0) is 12.2. The zero-order valence-electron chi connectivity index (χ0n) is 11.8. The molecule has 0 amide bonds. The Kier molecular flexibility index (Phi) is 4.58. The Morgan fingerprint density at radius 1 is 0.889 bits per heavy atom. The number of hydrogen-bond acceptors (Lipinski definition) is 2. The van der Waals surface area contributed by atoms with Crippen LogP contribution in [0.5, 0.6) is 0 Å². The summed E-state index contributed by atoms with van der Waals surface area (Å²) in [5, 5.41) is 7.69. The van der Waals surface area contributed by atoms with E-state index in [2.05, 4.69) is 10.6 Å². The second kappa shape index (κ2) is 6.38. The molecule has 0 aromatic heterocycles. The summed E-state index contributed by atoms with van der Waals surface area (Å²) in [5.41, 5.74) is 0. The highest BCUT2D eigenvalue weighted by Gasteiger charge is 2.32. The second-order valence-electron chi connectivity index (χ2n) is 6.80. The van der Waals surface area contributed by atoms with Gasteiger partial charge >= 0.3 is 0 Å². The van der Waals surface area contributed by atoms with Gasteiger partial charge in [0.2, 0.25) is 0 Å². The molecular weight excluding hydrogens is 220 g/mol. The molecule has 1 heterocycles. The standard InChI is InChI=1S/C16H30N2/c1-2-6-16(18-12-10-13-8-9-13)14(5-1)15-7-3-4-11-17-15/h13-18H,1-12H2. The minimum atomic E-state index is 0.813. The summed E-state index contributed by atoms with van der Waals surface area (Å²) < 4.78 is 0. The molecule has 104 valence electrons. The van der Waals surface area contributed by atoms with Crippen LogP contribution in [0.25, 0.3) is 0 Å². The molecular formula is C16H30N2. The predicted octanol–water partition coefficient (Wildman–Crippen LogP) is 3.08. The van der Waals surface area contributed by atoms with Crippen LogP contribution >= 0.6 is 0 Å². The lowest BCUT2D eigenvalue weighted by Gasteiger charge is -2.40. The summed E-state index contributed by atoms with van der Waals surface area (Å²) in [6, 6.07) is 1.63. The van der Waals surface area contributed by atoms with E-state index in [1.54, 1.807) is 0 Å². The van der Waals surface area contributed by atoms with Gasteiger partial charge in [0.1, 0.15) is 0 Å². The van der Waals surface area contributed by atoms with Crippen LogP contribution in [0, 0.1) is 11.8 Å². The van der Waals surface area contributed by atoms with Crippen LogP contribution < -0.4 is 10.6 Å². The van der Waals surface area contributed by atoms with Crippen LogP contribution in [-0.2, 0) is 0 Å². The normalized spacial score (nSPS) is 37.7. The zero-order valence-corrected chi connectivity index (χ0v) is 11.8. The molecule has 2 aliphatic carbocycles. The Bertz CT molecular complexity index is 243. The highest BCUT2D eigenvalue weighted by atomic mass is 15.0. The topological polar surface area (TPSA) is 24.1 Å². The van der Waals surface area contributed by atoms with E-state index < -0.39 is 0 Å². The van der Waals surface area contributed by atoms with E-state index in [-0.39, 0.29) is 0 Å². The van der Waals surface area contributed by atoms with Crippen molar-refractivity contribution in [2.24, 2.45) is 11.8 Å². The van der Waals surface area contributed by atoms with Crippen LogP contribution in [0.2, 0.25) is 0 Å². The molecule has 2 N–H and O–H groups in total. The average molecular weight is 250 g/mol. The van der Waals surface area contributed by atoms with Gasteiger partial charge in [-0.3, -0.25) is 0 Å². The van der Waals surface area contributed by atoms with Crippen LogP contribution in [0.3, 0.4) is 0 Å². The second-order valence-corrected chi connectivity index (χ2v) is 6.80. The Morgan fingerprint density at radius 3 is 2.50 bits per heavy atom. The molecule has 0 spiro atoms. The smallest absolute Gasteiger partial charge is 0.0110 e. The van der Waals surface area contributed by atoms with Gasteiger partial charge in [0.25, 0.3) is 0 Å². The Balaban J connectivity index is 1.47. The van der Waals surface area contributed by atoms with E-state index in [0.717, 1.165) is 23.9 Å². The molecule has 2 saturated carbocycles. The molecule has 0 aromatic rings. The average Bonchev–Trinajstić information content (AvgIpc) is 3.25. The first-order chi connectivity index (χ1) is 8.93. The van der Waals surface area contributed by atoms with Gasteiger partial charge in [-0.05, 0) is 57.0 Å². The van der Waals surface area contributed by atoms with Crippen molar-refractivity contribution in [3.05, 3.63) is 0 Å². The van der Waals surface area contributed by atoms with E-state index >= 15 is 0 Å². The largest absolute Gasteiger partial charge is 0.314 e. The van der Waals surface area contributed by atoms with Gasteiger partial charge in [0.15, 0.2) is 0 Å². The van der Waals surface area contributed by atoms with Gasteiger partial charge in [-0.1, -0.05) is 32.1 Å². The van der Waals surface area contributed by atoms with Crippen molar-refractivity contribution < 1.29 is 0 Å². The highest BCUT2D eigenvalue weighted by Crippen LogP contribution is 2.33. The van der Waals surface area contributed by atoms with Gasteiger partial charge in [-0.15, -0.1) is 0 Å². The molecule has 3 fully saturated rings. The lowest BCUT2D eigenvalue weighted by molar-refractivity contribution is 0.181. The van der Waals surface area contributed by atoms with E-state index in [4.69, 9.17) is 0 Å². The van der Waals surface area contributed by atoms with E-state index in [0.29, 0.717) is 0 Å². The first-order valence-electron chi connectivity index (χ1n) is 8.40. The van der Waals surface area contributed by atoms with Crippen LogP contribution in [0.1, 0.15) is 64.2 Å². The van der Waals surface area contributed by atoms with E-state index in [1.165, 1.54) is 77.3 Å². The summed E-state index contributed by atoms with van der Waals surface area (Å²) >= 11 is 0. The number of rotatable bonds is 5. The quantitative estimate of drug-likeness (QED) is 0.783. The van der Waals surface area contributed by atoms with Gasteiger partial charge in [-0.2, -0.15) is 0 Å². The van der Waals surface area contributed by atoms with E-state index in [1.807, 2.05) is 0 Å². The van der Waals surface area contributed by atoms with Crippen molar-refractivity contribution in [2.45, 2.75) is 76.3 Å². The summed E-state index contributed by atoms with van der Waals surface area (Å²) in [7, 11) is 0. The molecule has 3 unspecified atom stereocenters. The summed E-state index contributed by atoms with van der Waals surface area (Å²) in [6.07, 6.45) is 14.5. The number of hydrogen-bond donors (Lipinski definition) is 2. The van der Waals surface area contributed by atoms with Crippen molar-refractivity contribution in [1.29, 1.82) is 0 Å². The fourth-order valence-corrected chi connectivity index (χ4v) is 4.02. The molecule has 0 aromatic carbocycles. The maximum Gasteiger partial charge on any atom is 0.0110 e. The van der Waals surface area contributed by atoms with Crippen LogP contribution in [-0.4, -0.2) is 25.2 Å². The Labute approximate surface area is 112 Å². The lowest BCUT2D eigenvalue weighted by atomic mass is 9.77. The molecule has 3 rings (SSSR count). The predicted molar refractivity (Wildman–Crippen MR) is 76.7 cm³/mol. The first-order valence-corrected chi connectivity index (χ1v) is 8.40. The third-order valence-electron chi connectivity index (χ3n) is 5.34. The van der Waals surface area contributed by atoms with Gasteiger partial charge in [0, 0.05) is 12.1 Å². The molecule has 3 atom stereocenters. The molecule has 2 nitrogen and oxygen atoms in total. The molecule has 18 heavy (non-hydrogen) atoms. The minimum absolute atomic E-state index is 0.813. The van der Waals surface area contributed by atoms with Crippen molar-refractivity contribution in [3.8, 4) is 0 Å². The highest BCUT2D eigenvalue weighted by molar-refractivity contribution is 4.90. The van der Waals surface area contributed by atoms with Crippen LogP contribution in [0.15, 0.2) is 0 Å². The summed E-state index contributed by atoms with van der Waals surface area (Å²) in [4.78, 5) is 0. The van der Waals surface area contributed by atoms with Crippen molar-refractivity contribution in [2.75, 3.05) is 13.1 Å². The Hall–Kier alpha value is -0.0800. The molecule has 3 aliphatic rings. The van der Waals surface area contributed by atoms with Crippen LogP contribution in [0.4, 0.5) is 0 Å². The third kappa shape index (κ3) is 3.48. The maximum absolute atomic E-state index is 3.90. The van der Waals surface area contributed by atoms with E-state index in [9.17, 15) is 0 Å². The molecule has 0 radical (unpaired) electrons. The fourth-order valence-electron chi connectivity index (χ4n) is 4.02. The molecule has 2 heteroatoms. The lowest BCUT2D eigenvalue weighted by Crippen LogP contribution is -2.50. The Morgan fingerprint density at radius 2 is 1.72 bits per heavy atom. The van der Waals surface area contributed by atoms with Gasteiger partial charge < -0.3 is 10.6 Å². The first kappa shape index (κ1) is 12.9. The fraction of sp³-hybridized carbons (Fsp3) is 1.00. The summed E-state index contributed by atoms with van der Waals surface area (Å²) in [6.45, 7) is 2.54. The molecule has 1 saturated heterocycles. The molecule has 1 aliphatic heterocycles. The van der Waals surface area contributed by atoms with Crippen molar-refractivity contribution >= 4 is 0 Å². The van der Waals surface area contributed by atoms with Gasteiger partial charge in [-0.25, -0.2) is 0 Å². The maximum atomic E-state index is 3.90. The monoisotopic (exact) mass is 250 g/mol. The number of nitrogens with one attached hydrogen (secondary N) is 2. The minimum Gasteiger partial charge on any atom is -0.314 e. The van der Waals surface area contributed by atoms with Gasteiger partial charge in [0.05, 0.1) is 0 Å². The SMILES string of the molecule is C1CCC(C2CCCCC2NCCC2CC2)NC1. The number of piperidine rings is 1.